The molecule has 1 saturated heterocycles. The highest BCUT2D eigenvalue weighted by molar-refractivity contribution is 8.00. The Morgan fingerprint density at radius 1 is 1.17 bits per heavy atom. The van der Waals surface area contributed by atoms with Gasteiger partial charge in [0.25, 0.3) is 5.91 Å². The second-order valence-electron chi connectivity index (χ2n) is 6.26. The highest BCUT2D eigenvalue weighted by Crippen LogP contribution is 2.23. The molecule has 1 aromatic heterocycles. The SMILES string of the molecule is O=C(CSc1ccccc1C(=O)OCC(=O)N1CCCC1=O)NCc1ccco1. The van der Waals surface area contributed by atoms with E-state index in [2.05, 4.69) is 5.32 Å². The first-order valence-electron chi connectivity index (χ1n) is 9.06. The Balaban J connectivity index is 1.51. The number of carbonyl (C=O) groups excluding carboxylic acids is 4. The highest BCUT2D eigenvalue weighted by atomic mass is 32.2. The highest BCUT2D eigenvalue weighted by Gasteiger charge is 2.27. The standard InChI is InChI=1S/C20H20N2O6S/c23-17(21-11-14-5-4-10-27-14)13-29-16-7-2-1-6-15(16)20(26)28-12-19(25)22-9-3-8-18(22)24/h1-2,4-7,10H,3,8-9,11-13H2,(H,21,23). The number of carbonyl (C=O) groups is 4. The van der Waals surface area contributed by atoms with Crippen LogP contribution in [-0.4, -0.2) is 47.5 Å². The lowest BCUT2D eigenvalue weighted by molar-refractivity contribution is -0.143. The van der Waals surface area contributed by atoms with Crippen molar-refractivity contribution in [3.63, 3.8) is 0 Å². The minimum atomic E-state index is -0.677. The van der Waals surface area contributed by atoms with E-state index in [-0.39, 0.29) is 29.7 Å². The zero-order valence-corrected chi connectivity index (χ0v) is 16.4. The summed E-state index contributed by atoms with van der Waals surface area (Å²) >= 11 is 1.19. The Morgan fingerprint density at radius 3 is 2.72 bits per heavy atom. The Labute approximate surface area is 171 Å². The molecule has 0 spiro atoms. The van der Waals surface area contributed by atoms with Crippen molar-refractivity contribution in [1.82, 2.24) is 10.2 Å². The van der Waals surface area contributed by atoms with Gasteiger partial charge in [0.15, 0.2) is 6.61 Å². The van der Waals surface area contributed by atoms with Crippen LogP contribution in [0.1, 0.15) is 29.0 Å². The van der Waals surface area contributed by atoms with Gasteiger partial charge in [-0.1, -0.05) is 12.1 Å². The number of hydrogen-bond acceptors (Lipinski definition) is 7. The van der Waals surface area contributed by atoms with E-state index < -0.39 is 18.5 Å². The second-order valence-corrected chi connectivity index (χ2v) is 7.28. The van der Waals surface area contributed by atoms with Crippen molar-refractivity contribution in [3.05, 3.63) is 54.0 Å². The Hall–Kier alpha value is -3.07. The van der Waals surface area contributed by atoms with Crippen LogP contribution >= 0.6 is 11.8 Å². The van der Waals surface area contributed by atoms with Crippen LogP contribution < -0.4 is 5.32 Å². The normalized spacial score (nSPS) is 13.4. The number of nitrogens with one attached hydrogen (secondary N) is 1. The van der Waals surface area contributed by atoms with E-state index in [1.807, 2.05) is 0 Å². The lowest BCUT2D eigenvalue weighted by atomic mass is 10.2. The lowest BCUT2D eigenvalue weighted by Gasteiger charge is -2.14. The van der Waals surface area contributed by atoms with E-state index in [0.717, 1.165) is 4.90 Å². The molecule has 1 aromatic carbocycles. The molecule has 0 aliphatic carbocycles. The molecule has 9 heteroatoms. The summed E-state index contributed by atoms with van der Waals surface area (Å²) in [6.45, 7) is 0.148. The molecule has 29 heavy (non-hydrogen) atoms. The van der Waals surface area contributed by atoms with Crippen molar-refractivity contribution in [1.29, 1.82) is 0 Å². The summed E-state index contributed by atoms with van der Waals surface area (Å²) in [6, 6.07) is 10.2. The number of furan rings is 1. The number of hydrogen-bond donors (Lipinski definition) is 1. The zero-order chi connectivity index (χ0) is 20.6. The first-order valence-corrected chi connectivity index (χ1v) is 10.0. The van der Waals surface area contributed by atoms with Gasteiger partial charge in [0.05, 0.1) is 24.1 Å². The molecule has 0 radical (unpaired) electrons. The third-order valence-corrected chi connectivity index (χ3v) is 5.28. The number of likely N-dealkylation sites (tertiary alicyclic amines) is 1. The smallest absolute Gasteiger partial charge is 0.339 e. The summed E-state index contributed by atoms with van der Waals surface area (Å²) in [5.74, 6) is -0.910. The summed E-state index contributed by atoms with van der Waals surface area (Å²) in [6.07, 6.45) is 2.49. The van der Waals surface area contributed by atoms with Crippen LogP contribution in [0, 0.1) is 0 Å². The van der Waals surface area contributed by atoms with Crippen LogP contribution in [0.4, 0.5) is 0 Å². The topological polar surface area (TPSA) is 106 Å². The molecule has 3 rings (SSSR count). The number of imide groups is 1. The largest absolute Gasteiger partial charge is 0.467 e. The van der Waals surface area contributed by atoms with Gasteiger partial charge in [-0.2, -0.15) is 0 Å². The molecule has 8 nitrogen and oxygen atoms in total. The Kier molecular flexibility index (Phi) is 7.07. The van der Waals surface area contributed by atoms with Crippen molar-refractivity contribution in [2.75, 3.05) is 18.9 Å². The molecule has 2 heterocycles. The summed E-state index contributed by atoms with van der Waals surface area (Å²) < 4.78 is 10.2. The average Bonchev–Trinajstić information content (AvgIpc) is 3.40. The number of esters is 1. The van der Waals surface area contributed by atoms with Gasteiger partial charge in [-0.25, -0.2) is 4.79 Å². The zero-order valence-electron chi connectivity index (χ0n) is 15.6. The van der Waals surface area contributed by atoms with Crippen molar-refractivity contribution < 1.29 is 28.3 Å². The monoisotopic (exact) mass is 416 g/mol. The maximum absolute atomic E-state index is 12.4. The fraction of sp³-hybridized carbons (Fsp3) is 0.300. The summed E-state index contributed by atoms with van der Waals surface area (Å²) in [5, 5.41) is 2.73. The Morgan fingerprint density at radius 2 is 2.00 bits per heavy atom. The van der Waals surface area contributed by atoms with Crippen LogP contribution in [0.2, 0.25) is 0 Å². The van der Waals surface area contributed by atoms with Crippen LogP contribution in [0.25, 0.3) is 0 Å². The van der Waals surface area contributed by atoms with Crippen molar-refractivity contribution in [2.24, 2.45) is 0 Å². The molecule has 0 bridgehead atoms. The number of thioether (sulfide) groups is 1. The predicted molar refractivity (Wildman–Crippen MR) is 104 cm³/mol. The van der Waals surface area contributed by atoms with E-state index in [1.54, 1.807) is 36.4 Å². The van der Waals surface area contributed by atoms with Crippen molar-refractivity contribution in [3.8, 4) is 0 Å². The van der Waals surface area contributed by atoms with Crippen molar-refractivity contribution in [2.45, 2.75) is 24.3 Å². The quantitative estimate of drug-likeness (QED) is 0.518. The molecule has 1 N–H and O–H groups in total. The predicted octanol–water partition coefficient (Wildman–Crippen LogP) is 1.99. The van der Waals surface area contributed by atoms with Gasteiger partial charge in [0, 0.05) is 17.9 Å². The van der Waals surface area contributed by atoms with Crippen LogP contribution in [0.3, 0.4) is 0 Å². The summed E-state index contributed by atoms with van der Waals surface area (Å²) in [7, 11) is 0. The van der Waals surface area contributed by atoms with Gasteiger partial charge in [-0.15, -0.1) is 11.8 Å². The second kappa shape index (κ2) is 9.92. The fourth-order valence-corrected chi connectivity index (χ4v) is 3.62. The molecular formula is C20H20N2O6S. The van der Waals surface area contributed by atoms with Crippen molar-refractivity contribution >= 4 is 35.5 Å². The number of nitrogens with zero attached hydrogens (tertiary/aromatic N) is 1. The fourth-order valence-electron chi connectivity index (χ4n) is 2.75. The minimum absolute atomic E-state index is 0.103. The van der Waals surface area contributed by atoms with E-state index in [1.165, 1.54) is 18.0 Å². The number of benzene rings is 1. The van der Waals surface area contributed by atoms with Crippen LogP contribution in [0.5, 0.6) is 0 Å². The molecule has 1 fully saturated rings. The third kappa shape index (κ3) is 5.71. The summed E-state index contributed by atoms with van der Waals surface area (Å²) in [4.78, 5) is 49.7. The molecule has 152 valence electrons. The maximum atomic E-state index is 12.4. The summed E-state index contributed by atoms with van der Waals surface area (Å²) in [5.41, 5.74) is 0.261. The first kappa shape index (κ1) is 20.7. The van der Waals surface area contributed by atoms with Gasteiger partial charge in [-0.3, -0.25) is 19.3 Å². The van der Waals surface area contributed by atoms with Gasteiger partial charge in [0.1, 0.15) is 5.76 Å². The van der Waals surface area contributed by atoms with Crippen LogP contribution in [-0.2, 0) is 25.7 Å². The number of rotatable bonds is 8. The molecule has 0 unspecified atom stereocenters. The minimum Gasteiger partial charge on any atom is -0.467 e. The van der Waals surface area contributed by atoms with Gasteiger partial charge >= 0.3 is 5.97 Å². The van der Waals surface area contributed by atoms with E-state index in [4.69, 9.17) is 9.15 Å². The molecule has 0 atom stereocenters. The molecule has 1 aliphatic heterocycles. The molecule has 2 aromatic rings. The van der Waals surface area contributed by atoms with E-state index in [0.29, 0.717) is 30.0 Å². The Bertz CT molecular complexity index is 896. The molecule has 1 aliphatic rings. The number of amides is 3. The molecular weight excluding hydrogens is 396 g/mol. The first-order chi connectivity index (χ1) is 14.0. The average molecular weight is 416 g/mol. The molecule has 3 amide bonds. The van der Waals surface area contributed by atoms with E-state index >= 15 is 0 Å². The van der Waals surface area contributed by atoms with E-state index in [9.17, 15) is 19.2 Å². The van der Waals surface area contributed by atoms with Crippen LogP contribution in [0.15, 0.2) is 52.0 Å². The third-order valence-electron chi connectivity index (χ3n) is 4.21. The maximum Gasteiger partial charge on any atom is 0.339 e. The lowest BCUT2D eigenvalue weighted by Crippen LogP contribution is -2.35. The molecule has 0 saturated carbocycles. The van der Waals surface area contributed by atoms with Gasteiger partial charge < -0.3 is 14.5 Å². The number of ether oxygens (including phenoxy) is 1. The van der Waals surface area contributed by atoms with Gasteiger partial charge in [0.2, 0.25) is 11.8 Å². The van der Waals surface area contributed by atoms with Gasteiger partial charge in [-0.05, 0) is 30.7 Å².